The van der Waals surface area contributed by atoms with Crippen molar-refractivity contribution >= 4 is 11.9 Å². The minimum Gasteiger partial charge on any atom is -0.480 e. The Kier molecular flexibility index (Phi) is 10.6. The van der Waals surface area contributed by atoms with Gasteiger partial charge in [0.2, 0.25) is 5.91 Å². The number of imidazole rings is 1. The summed E-state index contributed by atoms with van der Waals surface area (Å²) < 4.78 is 0. The third-order valence-electron chi connectivity index (χ3n) is 4.11. The molecule has 0 bridgehead atoms. The SMILES string of the molecule is CCCCCCCCCCCC(=O)NC(Cc1c[nH]cn1)C(=O)O. The first-order valence-corrected chi connectivity index (χ1v) is 9.13. The number of hydrogen-bond donors (Lipinski definition) is 3. The van der Waals surface area contributed by atoms with E-state index in [0.717, 1.165) is 19.3 Å². The number of carbonyl (C=O) groups excluding carboxylic acids is 1. The van der Waals surface area contributed by atoms with Crippen LogP contribution in [0.3, 0.4) is 0 Å². The molecule has 1 heterocycles. The number of aliphatic carboxylic acids is 1. The van der Waals surface area contributed by atoms with Gasteiger partial charge in [-0.3, -0.25) is 4.79 Å². The van der Waals surface area contributed by atoms with E-state index in [0.29, 0.717) is 12.1 Å². The summed E-state index contributed by atoms with van der Waals surface area (Å²) in [4.78, 5) is 29.9. The van der Waals surface area contributed by atoms with Crippen molar-refractivity contribution < 1.29 is 14.7 Å². The van der Waals surface area contributed by atoms with Crippen LogP contribution >= 0.6 is 0 Å². The van der Waals surface area contributed by atoms with Gasteiger partial charge < -0.3 is 15.4 Å². The topological polar surface area (TPSA) is 95.1 Å². The Balaban J connectivity index is 2.10. The number of carbonyl (C=O) groups is 2. The maximum atomic E-state index is 11.9. The number of rotatable bonds is 14. The summed E-state index contributed by atoms with van der Waals surface area (Å²) in [6, 6.07) is -0.917. The minimum absolute atomic E-state index is 0.194. The molecule has 0 saturated heterocycles. The first kappa shape index (κ1) is 20.2. The van der Waals surface area contributed by atoms with E-state index in [1.165, 1.54) is 44.9 Å². The lowest BCUT2D eigenvalue weighted by Crippen LogP contribution is -2.42. The molecule has 1 amide bonds. The van der Waals surface area contributed by atoms with Gasteiger partial charge in [0.1, 0.15) is 6.04 Å². The van der Waals surface area contributed by atoms with Crippen molar-refractivity contribution in [2.75, 3.05) is 0 Å². The Hall–Kier alpha value is -1.85. The average molecular weight is 337 g/mol. The highest BCUT2D eigenvalue weighted by Gasteiger charge is 2.20. The van der Waals surface area contributed by atoms with E-state index < -0.39 is 12.0 Å². The Labute approximate surface area is 144 Å². The molecular weight excluding hydrogens is 306 g/mol. The van der Waals surface area contributed by atoms with Crippen molar-refractivity contribution in [2.45, 2.75) is 83.6 Å². The molecule has 0 aromatic carbocycles. The fourth-order valence-electron chi connectivity index (χ4n) is 2.67. The van der Waals surface area contributed by atoms with E-state index in [1.54, 1.807) is 6.20 Å². The standard InChI is InChI=1S/C18H31N3O3/c1-2-3-4-5-6-7-8-9-10-11-17(22)21-16(18(23)24)12-15-13-19-14-20-15/h13-14,16H,2-12H2,1H3,(H,19,20)(H,21,22)(H,23,24). The molecule has 0 spiro atoms. The van der Waals surface area contributed by atoms with Crippen LogP contribution in [0.2, 0.25) is 0 Å². The molecule has 0 radical (unpaired) electrons. The summed E-state index contributed by atoms with van der Waals surface area (Å²) in [5.41, 5.74) is 0.630. The maximum absolute atomic E-state index is 11.9. The second-order valence-electron chi connectivity index (χ2n) is 6.30. The number of hydrogen-bond acceptors (Lipinski definition) is 3. The first-order valence-electron chi connectivity index (χ1n) is 9.13. The van der Waals surface area contributed by atoms with Gasteiger partial charge in [0.05, 0.1) is 12.0 Å². The minimum atomic E-state index is -1.03. The zero-order valence-electron chi connectivity index (χ0n) is 14.7. The quantitative estimate of drug-likeness (QED) is 0.453. The molecule has 1 unspecified atom stereocenters. The number of aromatic amines is 1. The predicted molar refractivity (Wildman–Crippen MR) is 93.7 cm³/mol. The Bertz CT molecular complexity index is 460. The summed E-state index contributed by atoms with van der Waals surface area (Å²) in [7, 11) is 0. The largest absolute Gasteiger partial charge is 0.480 e. The van der Waals surface area contributed by atoms with Crippen molar-refractivity contribution in [1.82, 2.24) is 15.3 Å². The molecule has 6 nitrogen and oxygen atoms in total. The summed E-state index contributed by atoms with van der Waals surface area (Å²) >= 11 is 0. The Morgan fingerprint density at radius 1 is 1.12 bits per heavy atom. The second kappa shape index (κ2) is 12.6. The molecule has 0 aliphatic carbocycles. The van der Waals surface area contributed by atoms with Crippen LogP contribution in [-0.4, -0.2) is 33.0 Å². The lowest BCUT2D eigenvalue weighted by atomic mass is 10.1. The molecule has 1 aromatic heterocycles. The number of carboxylic acid groups (broad SMARTS) is 1. The monoisotopic (exact) mass is 337 g/mol. The molecule has 1 atom stereocenters. The van der Waals surface area contributed by atoms with Crippen LogP contribution in [0.4, 0.5) is 0 Å². The fourth-order valence-corrected chi connectivity index (χ4v) is 2.67. The molecule has 0 fully saturated rings. The van der Waals surface area contributed by atoms with Gasteiger partial charge in [-0.2, -0.15) is 0 Å². The van der Waals surface area contributed by atoms with Gasteiger partial charge in [-0.1, -0.05) is 58.3 Å². The van der Waals surface area contributed by atoms with Crippen molar-refractivity contribution in [3.8, 4) is 0 Å². The lowest BCUT2D eigenvalue weighted by Gasteiger charge is -2.13. The van der Waals surface area contributed by atoms with Crippen LogP contribution in [0, 0.1) is 0 Å². The number of aromatic nitrogens is 2. The average Bonchev–Trinajstić information content (AvgIpc) is 3.05. The molecule has 136 valence electrons. The number of carboxylic acids is 1. The molecule has 24 heavy (non-hydrogen) atoms. The van der Waals surface area contributed by atoms with Crippen LogP contribution in [0.1, 0.15) is 76.8 Å². The zero-order valence-corrected chi connectivity index (χ0v) is 14.7. The number of H-pyrrole nitrogens is 1. The smallest absolute Gasteiger partial charge is 0.326 e. The van der Waals surface area contributed by atoms with E-state index >= 15 is 0 Å². The van der Waals surface area contributed by atoms with Crippen molar-refractivity contribution in [1.29, 1.82) is 0 Å². The second-order valence-corrected chi connectivity index (χ2v) is 6.30. The highest BCUT2D eigenvalue weighted by Crippen LogP contribution is 2.10. The summed E-state index contributed by atoms with van der Waals surface area (Å²) in [6.07, 6.45) is 14.4. The van der Waals surface area contributed by atoms with Gasteiger partial charge in [-0.15, -0.1) is 0 Å². The highest BCUT2D eigenvalue weighted by atomic mass is 16.4. The summed E-state index contributed by atoms with van der Waals surface area (Å²) in [5.74, 6) is -1.22. The van der Waals surface area contributed by atoms with Crippen LogP contribution in [-0.2, 0) is 16.0 Å². The first-order chi connectivity index (χ1) is 11.6. The van der Waals surface area contributed by atoms with Gasteiger partial charge in [0.15, 0.2) is 0 Å². The highest BCUT2D eigenvalue weighted by molar-refractivity contribution is 5.83. The number of amides is 1. The molecule has 0 saturated carbocycles. The van der Waals surface area contributed by atoms with E-state index in [-0.39, 0.29) is 12.3 Å². The van der Waals surface area contributed by atoms with E-state index in [2.05, 4.69) is 22.2 Å². The van der Waals surface area contributed by atoms with Gasteiger partial charge in [0.25, 0.3) is 0 Å². The van der Waals surface area contributed by atoms with Crippen LogP contribution in [0.15, 0.2) is 12.5 Å². The summed E-state index contributed by atoms with van der Waals surface area (Å²) in [6.45, 7) is 2.22. The summed E-state index contributed by atoms with van der Waals surface area (Å²) in [5, 5.41) is 11.8. The fraction of sp³-hybridized carbons (Fsp3) is 0.722. The van der Waals surface area contributed by atoms with E-state index in [9.17, 15) is 14.7 Å². The lowest BCUT2D eigenvalue weighted by molar-refractivity contribution is -0.141. The van der Waals surface area contributed by atoms with Crippen LogP contribution in [0.25, 0.3) is 0 Å². The predicted octanol–water partition coefficient (Wildman–Crippen LogP) is 3.44. The molecule has 0 aliphatic rings. The molecule has 3 N–H and O–H groups in total. The normalized spacial score (nSPS) is 12.0. The molecule has 6 heteroatoms. The van der Waals surface area contributed by atoms with Gasteiger partial charge in [0, 0.05) is 19.0 Å². The molecular formula is C18H31N3O3. The number of unbranched alkanes of at least 4 members (excludes halogenated alkanes) is 8. The van der Waals surface area contributed by atoms with Gasteiger partial charge >= 0.3 is 5.97 Å². The van der Waals surface area contributed by atoms with Crippen molar-refractivity contribution in [3.63, 3.8) is 0 Å². The molecule has 1 rings (SSSR count). The number of nitrogens with one attached hydrogen (secondary N) is 2. The van der Waals surface area contributed by atoms with Crippen molar-refractivity contribution in [3.05, 3.63) is 18.2 Å². The third kappa shape index (κ3) is 9.33. The van der Waals surface area contributed by atoms with E-state index in [4.69, 9.17) is 0 Å². The zero-order chi connectivity index (χ0) is 17.6. The van der Waals surface area contributed by atoms with Crippen LogP contribution < -0.4 is 5.32 Å². The van der Waals surface area contributed by atoms with Crippen LogP contribution in [0.5, 0.6) is 0 Å². The van der Waals surface area contributed by atoms with Gasteiger partial charge in [-0.05, 0) is 6.42 Å². The molecule has 0 aliphatic heterocycles. The Morgan fingerprint density at radius 3 is 2.29 bits per heavy atom. The maximum Gasteiger partial charge on any atom is 0.326 e. The third-order valence-corrected chi connectivity index (χ3v) is 4.11. The van der Waals surface area contributed by atoms with E-state index in [1.807, 2.05) is 0 Å². The number of nitrogens with zero attached hydrogens (tertiary/aromatic N) is 1. The van der Waals surface area contributed by atoms with Gasteiger partial charge in [-0.25, -0.2) is 9.78 Å². The Morgan fingerprint density at radius 2 is 1.75 bits per heavy atom. The van der Waals surface area contributed by atoms with Crippen molar-refractivity contribution in [2.24, 2.45) is 0 Å². The molecule has 1 aromatic rings.